The molecule has 0 aliphatic heterocycles. The monoisotopic (exact) mass is 256 g/mol. The molecule has 0 radical (unpaired) electrons. The van der Waals surface area contributed by atoms with E-state index in [1.54, 1.807) is 11.3 Å². The number of rotatable bonds is 3. The predicted molar refractivity (Wildman–Crippen MR) is 63.5 cm³/mol. The van der Waals surface area contributed by atoms with Crippen LogP contribution in [0.4, 0.5) is 0 Å². The fraction of sp³-hybridized carbons (Fsp3) is 0.200. The highest BCUT2D eigenvalue weighted by molar-refractivity contribution is 7.09. The average Bonchev–Trinajstić information content (AvgIpc) is 2.76. The van der Waals surface area contributed by atoms with Gasteiger partial charge < -0.3 is 4.74 Å². The molecule has 0 unspecified atom stereocenters. The van der Waals surface area contributed by atoms with E-state index in [0.717, 1.165) is 4.88 Å². The molecule has 0 aliphatic rings. The van der Waals surface area contributed by atoms with Crippen molar-refractivity contribution in [1.82, 2.24) is 9.55 Å². The van der Waals surface area contributed by atoms with Crippen molar-refractivity contribution in [3.05, 3.63) is 44.2 Å². The smallest absolute Gasteiger partial charge is 0.297 e. The Morgan fingerprint density at radius 2 is 2.44 bits per heavy atom. The van der Waals surface area contributed by atoms with Crippen LogP contribution in [0.5, 0.6) is 5.75 Å². The van der Waals surface area contributed by atoms with E-state index in [-0.39, 0.29) is 16.5 Å². The summed E-state index contributed by atoms with van der Waals surface area (Å²) >= 11 is 7.32. The standard InChI is InChI=1S/C10H9ClN2O2S/c1-15-8-9(11)12-6-13(10(8)14)5-7-3-2-4-16-7/h2-4,6H,5H2,1H3. The zero-order chi connectivity index (χ0) is 11.5. The summed E-state index contributed by atoms with van der Waals surface area (Å²) in [7, 11) is 1.40. The lowest BCUT2D eigenvalue weighted by Gasteiger charge is -2.06. The number of methoxy groups -OCH3 is 1. The third-order valence-electron chi connectivity index (χ3n) is 2.06. The Morgan fingerprint density at radius 1 is 1.62 bits per heavy atom. The van der Waals surface area contributed by atoms with Crippen molar-refractivity contribution in [2.24, 2.45) is 0 Å². The van der Waals surface area contributed by atoms with Crippen molar-refractivity contribution in [3.8, 4) is 5.75 Å². The van der Waals surface area contributed by atoms with Crippen molar-refractivity contribution < 1.29 is 4.74 Å². The van der Waals surface area contributed by atoms with Crippen molar-refractivity contribution in [3.63, 3.8) is 0 Å². The molecule has 16 heavy (non-hydrogen) atoms. The number of nitrogens with zero attached hydrogens (tertiary/aromatic N) is 2. The van der Waals surface area contributed by atoms with Gasteiger partial charge >= 0.3 is 0 Å². The first-order valence-corrected chi connectivity index (χ1v) is 5.79. The summed E-state index contributed by atoms with van der Waals surface area (Å²) in [5.41, 5.74) is -0.268. The third-order valence-corrected chi connectivity index (χ3v) is 3.19. The average molecular weight is 257 g/mol. The van der Waals surface area contributed by atoms with Crippen LogP contribution in [-0.4, -0.2) is 16.7 Å². The molecule has 0 N–H and O–H groups in total. The van der Waals surface area contributed by atoms with Crippen molar-refractivity contribution in [1.29, 1.82) is 0 Å². The normalized spacial score (nSPS) is 10.4. The molecule has 0 bridgehead atoms. The highest BCUT2D eigenvalue weighted by atomic mass is 35.5. The quantitative estimate of drug-likeness (QED) is 0.789. The summed E-state index contributed by atoms with van der Waals surface area (Å²) in [6.45, 7) is 0.483. The lowest BCUT2D eigenvalue weighted by Crippen LogP contribution is -2.22. The van der Waals surface area contributed by atoms with Crippen molar-refractivity contribution >= 4 is 22.9 Å². The lowest BCUT2D eigenvalue weighted by molar-refractivity contribution is 0.401. The maximum Gasteiger partial charge on any atom is 0.297 e. The number of aromatic nitrogens is 2. The van der Waals surface area contributed by atoms with Crippen LogP contribution in [0.2, 0.25) is 5.15 Å². The van der Waals surface area contributed by atoms with Crippen LogP contribution in [0.1, 0.15) is 4.88 Å². The maximum absolute atomic E-state index is 11.9. The van der Waals surface area contributed by atoms with Gasteiger partial charge in [0, 0.05) is 4.88 Å². The Labute approximate surface area is 101 Å². The minimum absolute atomic E-state index is 0.0840. The summed E-state index contributed by atoms with van der Waals surface area (Å²) in [5.74, 6) is 0.0840. The van der Waals surface area contributed by atoms with Crippen molar-refractivity contribution in [2.45, 2.75) is 6.54 Å². The van der Waals surface area contributed by atoms with Gasteiger partial charge in [0.05, 0.1) is 20.0 Å². The molecule has 0 saturated heterocycles. The van der Waals surface area contributed by atoms with Gasteiger partial charge in [-0.3, -0.25) is 9.36 Å². The maximum atomic E-state index is 11.9. The zero-order valence-corrected chi connectivity index (χ0v) is 10.1. The van der Waals surface area contributed by atoms with Crippen LogP contribution >= 0.6 is 22.9 Å². The fourth-order valence-corrected chi connectivity index (χ4v) is 2.21. The first-order chi connectivity index (χ1) is 7.72. The van der Waals surface area contributed by atoms with Crippen LogP contribution in [0.25, 0.3) is 0 Å². The summed E-state index contributed by atoms with van der Waals surface area (Å²) in [6, 6.07) is 3.89. The second kappa shape index (κ2) is 4.67. The molecule has 6 heteroatoms. The molecule has 2 rings (SSSR count). The number of hydrogen-bond donors (Lipinski definition) is 0. The Kier molecular flexibility index (Phi) is 3.26. The summed E-state index contributed by atoms with van der Waals surface area (Å²) in [4.78, 5) is 16.8. The molecule has 0 amide bonds. The van der Waals surface area contributed by atoms with E-state index in [1.807, 2.05) is 17.5 Å². The van der Waals surface area contributed by atoms with Gasteiger partial charge in [-0.25, -0.2) is 4.98 Å². The first kappa shape index (κ1) is 11.2. The fourth-order valence-electron chi connectivity index (χ4n) is 1.30. The molecule has 84 valence electrons. The first-order valence-electron chi connectivity index (χ1n) is 4.53. The van der Waals surface area contributed by atoms with Crippen molar-refractivity contribution in [2.75, 3.05) is 7.11 Å². The number of ether oxygens (including phenoxy) is 1. The minimum Gasteiger partial charge on any atom is -0.489 e. The van der Waals surface area contributed by atoms with Crippen LogP contribution in [0, 0.1) is 0 Å². The highest BCUT2D eigenvalue weighted by Crippen LogP contribution is 2.16. The summed E-state index contributed by atoms with van der Waals surface area (Å²) < 4.78 is 6.38. The molecule has 0 aliphatic carbocycles. The molecular weight excluding hydrogens is 248 g/mol. The molecule has 0 saturated carbocycles. The molecule has 0 atom stereocenters. The largest absolute Gasteiger partial charge is 0.489 e. The topological polar surface area (TPSA) is 44.1 Å². The van der Waals surface area contributed by atoms with Gasteiger partial charge in [0.15, 0.2) is 5.15 Å². The van der Waals surface area contributed by atoms with Gasteiger partial charge in [-0.15, -0.1) is 11.3 Å². The number of thiophene rings is 1. The molecule has 2 heterocycles. The van der Waals surface area contributed by atoms with E-state index in [2.05, 4.69) is 4.98 Å². The minimum atomic E-state index is -0.268. The SMILES string of the molecule is COc1c(Cl)ncn(Cc2cccs2)c1=O. The number of halogens is 1. The Balaban J connectivity index is 2.39. The second-order valence-electron chi connectivity index (χ2n) is 3.08. The molecule has 4 nitrogen and oxygen atoms in total. The van der Waals surface area contributed by atoms with E-state index >= 15 is 0 Å². The Bertz CT molecular complexity index is 536. The Hall–Kier alpha value is -1.33. The summed E-state index contributed by atoms with van der Waals surface area (Å²) in [5, 5.41) is 2.05. The van der Waals surface area contributed by atoms with E-state index in [1.165, 1.54) is 18.0 Å². The molecule has 2 aromatic heterocycles. The van der Waals surface area contributed by atoms with Crippen LogP contribution in [-0.2, 0) is 6.54 Å². The van der Waals surface area contributed by atoms with Gasteiger partial charge in [0.1, 0.15) is 0 Å². The molecular formula is C10H9ClN2O2S. The zero-order valence-electron chi connectivity index (χ0n) is 8.51. The van der Waals surface area contributed by atoms with E-state index in [0.29, 0.717) is 6.54 Å². The van der Waals surface area contributed by atoms with Crippen LogP contribution in [0.15, 0.2) is 28.6 Å². The van der Waals surface area contributed by atoms with Gasteiger partial charge in [0.2, 0.25) is 5.75 Å². The van der Waals surface area contributed by atoms with E-state index < -0.39 is 0 Å². The summed E-state index contributed by atoms with van der Waals surface area (Å²) in [6.07, 6.45) is 1.42. The number of hydrogen-bond acceptors (Lipinski definition) is 4. The second-order valence-corrected chi connectivity index (χ2v) is 4.47. The predicted octanol–water partition coefficient (Wildman–Crippen LogP) is 2.02. The third kappa shape index (κ3) is 2.10. The molecule has 0 spiro atoms. The van der Waals surface area contributed by atoms with E-state index in [9.17, 15) is 4.79 Å². The van der Waals surface area contributed by atoms with E-state index in [4.69, 9.17) is 16.3 Å². The van der Waals surface area contributed by atoms with Crippen LogP contribution in [0.3, 0.4) is 0 Å². The van der Waals surface area contributed by atoms with Gasteiger partial charge in [-0.05, 0) is 11.4 Å². The van der Waals surface area contributed by atoms with Gasteiger partial charge in [-0.2, -0.15) is 0 Å². The van der Waals surface area contributed by atoms with Crippen LogP contribution < -0.4 is 10.3 Å². The molecule has 2 aromatic rings. The lowest BCUT2D eigenvalue weighted by atomic mass is 10.4. The van der Waals surface area contributed by atoms with Gasteiger partial charge in [-0.1, -0.05) is 17.7 Å². The molecule has 0 aromatic carbocycles. The Morgan fingerprint density at radius 3 is 3.06 bits per heavy atom. The molecule has 0 fully saturated rings. The van der Waals surface area contributed by atoms with Gasteiger partial charge in [0.25, 0.3) is 5.56 Å². The highest BCUT2D eigenvalue weighted by Gasteiger charge is 2.10.